The molecule has 2 unspecified atom stereocenters. The fraction of sp³-hybridized carbons (Fsp3) is 0.600. The van der Waals surface area contributed by atoms with Crippen molar-refractivity contribution in [1.82, 2.24) is 4.57 Å². The second-order valence-electron chi connectivity index (χ2n) is 8.55. The second-order valence-corrected chi connectivity index (χ2v) is 8.55. The quantitative estimate of drug-likeness (QED) is 0.852. The van der Waals surface area contributed by atoms with Crippen LogP contribution in [0.25, 0.3) is 10.9 Å². The van der Waals surface area contributed by atoms with Crippen LogP contribution in [-0.2, 0) is 9.31 Å². The Hall–Kier alpha value is -1.30. The third kappa shape index (κ3) is 2.82. The number of nitrogens with zero attached hydrogens (tertiary/aromatic N) is 1. The van der Waals surface area contributed by atoms with Crippen LogP contribution < -0.4 is 5.46 Å². The van der Waals surface area contributed by atoms with Gasteiger partial charge in [0.05, 0.1) is 23.3 Å². The van der Waals surface area contributed by atoms with Gasteiger partial charge in [-0.1, -0.05) is 25.0 Å². The van der Waals surface area contributed by atoms with E-state index in [4.69, 9.17) is 9.31 Å². The summed E-state index contributed by atoms with van der Waals surface area (Å²) in [6, 6.07) is 8.70. The van der Waals surface area contributed by atoms with Crippen LogP contribution in [0.15, 0.2) is 30.5 Å². The van der Waals surface area contributed by atoms with Gasteiger partial charge in [0.1, 0.15) is 0 Å². The third-order valence-corrected chi connectivity index (χ3v) is 6.32. The molecule has 4 rings (SSSR count). The van der Waals surface area contributed by atoms with E-state index >= 15 is 0 Å². The molecule has 1 N–H and O–H groups in total. The second kappa shape index (κ2) is 5.87. The van der Waals surface area contributed by atoms with E-state index in [-0.39, 0.29) is 30.5 Å². The summed E-state index contributed by atoms with van der Waals surface area (Å²) in [6.07, 6.45) is 6.13. The number of aromatic nitrogens is 1. The largest absolute Gasteiger partial charge is 0.494 e. The first-order chi connectivity index (χ1) is 11.8. The molecule has 0 amide bonds. The van der Waals surface area contributed by atoms with Crippen molar-refractivity contribution < 1.29 is 14.4 Å². The molecule has 2 aromatic rings. The predicted molar refractivity (Wildman–Crippen MR) is 101 cm³/mol. The van der Waals surface area contributed by atoms with Gasteiger partial charge in [-0.2, -0.15) is 0 Å². The van der Waals surface area contributed by atoms with E-state index in [2.05, 4.69) is 62.7 Å². The molecule has 1 saturated carbocycles. The van der Waals surface area contributed by atoms with Gasteiger partial charge in [0.25, 0.3) is 0 Å². The molecule has 1 aromatic carbocycles. The number of rotatable bonds is 2. The lowest BCUT2D eigenvalue weighted by Gasteiger charge is -2.32. The topological polar surface area (TPSA) is 43.6 Å². The lowest BCUT2D eigenvalue weighted by atomic mass is 9.78. The zero-order valence-electron chi connectivity index (χ0n) is 15.7. The highest BCUT2D eigenvalue weighted by molar-refractivity contribution is 6.62. The lowest BCUT2D eigenvalue weighted by molar-refractivity contribution is 0.00578. The van der Waals surface area contributed by atoms with E-state index < -0.39 is 0 Å². The van der Waals surface area contributed by atoms with E-state index in [9.17, 15) is 5.11 Å². The Balaban J connectivity index is 1.64. The van der Waals surface area contributed by atoms with Crippen molar-refractivity contribution in [3.05, 3.63) is 30.5 Å². The molecule has 2 heterocycles. The van der Waals surface area contributed by atoms with Gasteiger partial charge in [-0.25, -0.2) is 0 Å². The Kier molecular flexibility index (Phi) is 4.02. The Labute approximate surface area is 150 Å². The minimum atomic E-state index is -0.335. The van der Waals surface area contributed by atoms with Crippen molar-refractivity contribution in [3.8, 4) is 0 Å². The number of hydrogen-bond acceptors (Lipinski definition) is 3. The van der Waals surface area contributed by atoms with Gasteiger partial charge in [0, 0.05) is 11.7 Å². The maximum atomic E-state index is 10.4. The minimum Gasteiger partial charge on any atom is -0.399 e. The van der Waals surface area contributed by atoms with E-state index in [0.717, 1.165) is 24.7 Å². The summed E-state index contributed by atoms with van der Waals surface area (Å²) in [7, 11) is -0.335. The van der Waals surface area contributed by atoms with Gasteiger partial charge in [-0.05, 0) is 63.5 Å². The van der Waals surface area contributed by atoms with Crippen LogP contribution in [0.3, 0.4) is 0 Å². The molecule has 0 bridgehead atoms. The van der Waals surface area contributed by atoms with Crippen molar-refractivity contribution in [1.29, 1.82) is 0 Å². The Bertz CT molecular complexity index is 766. The maximum absolute atomic E-state index is 10.4. The van der Waals surface area contributed by atoms with Crippen LogP contribution in [0.4, 0.5) is 0 Å². The number of fused-ring (bicyclic) bond motifs is 1. The molecule has 1 aromatic heterocycles. The molecule has 25 heavy (non-hydrogen) atoms. The molecule has 4 nitrogen and oxygen atoms in total. The highest BCUT2D eigenvalue weighted by Gasteiger charge is 2.51. The zero-order chi connectivity index (χ0) is 17.8. The van der Waals surface area contributed by atoms with Gasteiger partial charge in [-0.3, -0.25) is 0 Å². The van der Waals surface area contributed by atoms with Gasteiger partial charge >= 0.3 is 7.12 Å². The van der Waals surface area contributed by atoms with E-state index in [0.29, 0.717) is 0 Å². The number of benzene rings is 1. The lowest BCUT2D eigenvalue weighted by Crippen LogP contribution is -2.41. The molecule has 1 saturated heterocycles. The van der Waals surface area contributed by atoms with Gasteiger partial charge in [0.2, 0.25) is 0 Å². The molecule has 1 aliphatic heterocycles. The standard InChI is InChI=1S/C20H28BNO3/c1-19(2)20(3,4)25-21(24-19)15-9-10-16-14(13-15)11-12-22(16)17-7-5-6-8-18(17)23/h9-13,17-18,23H,5-8H2,1-4H3. The SMILES string of the molecule is CC1(C)OB(c2ccc3c(ccn3C3CCCCC3O)c2)OC1(C)C. The fourth-order valence-electron chi connectivity index (χ4n) is 4.01. The van der Waals surface area contributed by atoms with Crippen LogP contribution in [0.5, 0.6) is 0 Å². The van der Waals surface area contributed by atoms with E-state index in [1.165, 1.54) is 17.3 Å². The van der Waals surface area contributed by atoms with Gasteiger partial charge in [0.15, 0.2) is 0 Å². The Morgan fingerprint density at radius 3 is 2.40 bits per heavy atom. The highest BCUT2D eigenvalue weighted by Crippen LogP contribution is 2.37. The first-order valence-electron chi connectivity index (χ1n) is 9.43. The highest BCUT2D eigenvalue weighted by atomic mass is 16.7. The molecule has 0 spiro atoms. The van der Waals surface area contributed by atoms with Crippen molar-refractivity contribution in [2.75, 3.05) is 0 Å². The zero-order valence-corrected chi connectivity index (χ0v) is 15.7. The summed E-state index contributed by atoms with van der Waals surface area (Å²) in [5.74, 6) is 0. The van der Waals surface area contributed by atoms with Gasteiger partial charge < -0.3 is 19.0 Å². The summed E-state index contributed by atoms with van der Waals surface area (Å²) in [4.78, 5) is 0. The summed E-state index contributed by atoms with van der Waals surface area (Å²) in [5.41, 5.74) is 1.56. The first kappa shape index (κ1) is 17.1. The first-order valence-corrected chi connectivity index (χ1v) is 9.43. The van der Waals surface area contributed by atoms with Crippen LogP contribution in [-0.4, -0.2) is 34.1 Å². The number of aliphatic hydroxyl groups is 1. The molecule has 5 heteroatoms. The van der Waals surface area contributed by atoms with Crippen molar-refractivity contribution >= 4 is 23.5 Å². The number of hydrogen-bond donors (Lipinski definition) is 1. The summed E-state index contributed by atoms with van der Waals surface area (Å²) in [5, 5.41) is 11.6. The molecule has 2 fully saturated rings. The normalized spacial score (nSPS) is 28.6. The third-order valence-electron chi connectivity index (χ3n) is 6.32. The van der Waals surface area contributed by atoms with Crippen LogP contribution in [0, 0.1) is 0 Å². The Morgan fingerprint density at radius 2 is 1.72 bits per heavy atom. The molecular weight excluding hydrogens is 313 g/mol. The van der Waals surface area contributed by atoms with Crippen LogP contribution in [0.2, 0.25) is 0 Å². The van der Waals surface area contributed by atoms with Crippen molar-refractivity contribution in [2.24, 2.45) is 0 Å². The predicted octanol–water partition coefficient (Wildman–Crippen LogP) is 3.42. The number of aliphatic hydroxyl groups excluding tert-OH is 1. The van der Waals surface area contributed by atoms with Gasteiger partial charge in [-0.15, -0.1) is 0 Å². The Morgan fingerprint density at radius 1 is 1.04 bits per heavy atom. The molecule has 2 atom stereocenters. The molecule has 1 aliphatic carbocycles. The van der Waals surface area contributed by atoms with Crippen molar-refractivity contribution in [3.63, 3.8) is 0 Å². The minimum absolute atomic E-state index is 0.189. The van der Waals surface area contributed by atoms with Crippen LogP contribution >= 0.6 is 0 Å². The van der Waals surface area contributed by atoms with Crippen LogP contribution in [0.1, 0.15) is 59.4 Å². The molecule has 134 valence electrons. The molecule has 2 aliphatic rings. The summed E-state index contributed by atoms with van der Waals surface area (Å²) >= 11 is 0. The van der Waals surface area contributed by atoms with E-state index in [1.807, 2.05) is 0 Å². The van der Waals surface area contributed by atoms with Crippen molar-refractivity contribution in [2.45, 2.75) is 76.7 Å². The smallest absolute Gasteiger partial charge is 0.399 e. The average Bonchev–Trinajstić information content (AvgIpc) is 3.05. The van der Waals surface area contributed by atoms with E-state index in [1.54, 1.807) is 0 Å². The average molecular weight is 341 g/mol. The molecular formula is C20H28BNO3. The fourth-order valence-corrected chi connectivity index (χ4v) is 4.01. The molecule has 0 radical (unpaired) electrons. The monoisotopic (exact) mass is 341 g/mol. The summed E-state index contributed by atoms with van der Waals surface area (Å²) < 4.78 is 14.6. The summed E-state index contributed by atoms with van der Waals surface area (Å²) in [6.45, 7) is 8.30. The maximum Gasteiger partial charge on any atom is 0.494 e.